The highest BCUT2D eigenvalue weighted by atomic mass is 32.2. The largest absolute Gasteiger partial charge is 0.313 e. The van der Waals surface area contributed by atoms with Crippen LogP contribution < -0.4 is 5.32 Å². The van der Waals surface area contributed by atoms with Gasteiger partial charge >= 0.3 is 0 Å². The van der Waals surface area contributed by atoms with Crippen molar-refractivity contribution in [3.05, 3.63) is 71.9 Å². The van der Waals surface area contributed by atoms with Crippen LogP contribution in [0.2, 0.25) is 0 Å². The number of fused-ring (bicyclic) bond motifs is 1. The van der Waals surface area contributed by atoms with Gasteiger partial charge in [0.2, 0.25) is 10.0 Å². The van der Waals surface area contributed by atoms with Crippen molar-refractivity contribution in [3.63, 3.8) is 0 Å². The van der Waals surface area contributed by atoms with Gasteiger partial charge in [0.25, 0.3) is 0 Å². The van der Waals surface area contributed by atoms with Gasteiger partial charge in [-0.25, -0.2) is 8.42 Å². The number of sulfonamides is 1. The third kappa shape index (κ3) is 3.36. The summed E-state index contributed by atoms with van der Waals surface area (Å²) in [6, 6.07) is 16.9. The first-order valence-electron chi connectivity index (χ1n) is 9.26. The summed E-state index contributed by atoms with van der Waals surface area (Å²) in [4.78, 5) is 4.63. The van der Waals surface area contributed by atoms with Crippen LogP contribution in [-0.2, 0) is 16.4 Å². The molecule has 1 unspecified atom stereocenters. The van der Waals surface area contributed by atoms with E-state index in [0.29, 0.717) is 35.4 Å². The number of hydrogen-bond donors (Lipinski definition) is 1. The van der Waals surface area contributed by atoms with Crippen molar-refractivity contribution < 1.29 is 8.42 Å². The van der Waals surface area contributed by atoms with Gasteiger partial charge < -0.3 is 5.32 Å². The van der Waals surface area contributed by atoms with E-state index in [0.717, 1.165) is 12.0 Å². The fourth-order valence-corrected chi connectivity index (χ4v) is 5.48. The summed E-state index contributed by atoms with van der Waals surface area (Å²) in [5.41, 5.74) is 2.95. The molecule has 1 N–H and O–H groups in total. The predicted octanol–water partition coefficient (Wildman–Crippen LogP) is 3.13. The van der Waals surface area contributed by atoms with Crippen LogP contribution in [0.1, 0.15) is 24.1 Å². The SMILES string of the molecule is CCc1ccc(C2CNCCN2S(=O)(=O)c2cccc3ncccc23)cc1. The first kappa shape index (κ1) is 18.1. The standard InChI is InChI=1S/C21H23N3O2S/c1-2-16-8-10-17(11-9-16)20-15-22-13-14-24(20)27(25,26)21-7-3-6-19-18(21)5-4-12-23-19/h3-12,20,22H,2,13-15H2,1H3. The van der Waals surface area contributed by atoms with Crippen LogP contribution in [0.15, 0.2) is 65.7 Å². The van der Waals surface area contributed by atoms with Crippen molar-refractivity contribution in [2.75, 3.05) is 19.6 Å². The molecule has 0 amide bonds. The number of rotatable bonds is 4. The lowest BCUT2D eigenvalue weighted by molar-refractivity contribution is 0.271. The van der Waals surface area contributed by atoms with Crippen LogP contribution in [0.4, 0.5) is 0 Å². The van der Waals surface area contributed by atoms with Crippen molar-refractivity contribution in [2.24, 2.45) is 0 Å². The van der Waals surface area contributed by atoms with Gasteiger partial charge in [0.05, 0.1) is 16.5 Å². The molecule has 0 radical (unpaired) electrons. The fourth-order valence-electron chi connectivity index (χ4n) is 3.66. The zero-order valence-corrected chi connectivity index (χ0v) is 16.1. The minimum Gasteiger partial charge on any atom is -0.313 e. The molecule has 0 aliphatic carbocycles. The summed E-state index contributed by atoms with van der Waals surface area (Å²) in [5, 5.41) is 4.00. The molecule has 0 saturated carbocycles. The minimum atomic E-state index is -3.65. The molecule has 4 rings (SSSR count). The molecule has 27 heavy (non-hydrogen) atoms. The molecule has 1 atom stereocenters. The summed E-state index contributed by atoms with van der Waals surface area (Å²) < 4.78 is 28.8. The van der Waals surface area contributed by atoms with Crippen LogP contribution >= 0.6 is 0 Å². The van der Waals surface area contributed by atoms with E-state index < -0.39 is 10.0 Å². The number of hydrogen-bond acceptors (Lipinski definition) is 4. The van der Waals surface area contributed by atoms with Gasteiger partial charge in [0.15, 0.2) is 0 Å². The van der Waals surface area contributed by atoms with Gasteiger partial charge in [0.1, 0.15) is 0 Å². The van der Waals surface area contributed by atoms with E-state index in [9.17, 15) is 8.42 Å². The smallest absolute Gasteiger partial charge is 0.244 e. The molecule has 3 aromatic rings. The lowest BCUT2D eigenvalue weighted by atomic mass is 10.0. The lowest BCUT2D eigenvalue weighted by Gasteiger charge is -2.35. The third-order valence-electron chi connectivity index (χ3n) is 5.16. The number of benzene rings is 2. The van der Waals surface area contributed by atoms with E-state index in [4.69, 9.17) is 0 Å². The van der Waals surface area contributed by atoms with Crippen LogP contribution in [0.3, 0.4) is 0 Å². The van der Waals surface area contributed by atoms with Gasteiger partial charge in [-0.15, -0.1) is 0 Å². The molecule has 0 spiro atoms. The van der Waals surface area contributed by atoms with Crippen molar-refractivity contribution in [1.29, 1.82) is 0 Å². The molecule has 1 fully saturated rings. The summed E-state index contributed by atoms with van der Waals surface area (Å²) in [6.07, 6.45) is 2.65. The summed E-state index contributed by atoms with van der Waals surface area (Å²) in [7, 11) is -3.65. The number of aryl methyl sites for hydroxylation is 1. The van der Waals surface area contributed by atoms with Gasteiger partial charge in [-0.3, -0.25) is 4.98 Å². The van der Waals surface area contributed by atoms with Crippen molar-refractivity contribution in [1.82, 2.24) is 14.6 Å². The summed E-state index contributed by atoms with van der Waals surface area (Å²) >= 11 is 0. The molecule has 1 saturated heterocycles. The van der Waals surface area contributed by atoms with Crippen molar-refractivity contribution in [2.45, 2.75) is 24.3 Å². The second-order valence-corrected chi connectivity index (χ2v) is 8.62. The summed E-state index contributed by atoms with van der Waals surface area (Å²) in [6.45, 7) is 3.81. The molecule has 2 aromatic carbocycles. The Bertz CT molecular complexity index is 1040. The van der Waals surface area contributed by atoms with Crippen LogP contribution in [-0.4, -0.2) is 37.3 Å². The summed E-state index contributed by atoms with van der Waals surface area (Å²) in [5.74, 6) is 0. The molecular weight excluding hydrogens is 358 g/mol. The molecule has 0 bridgehead atoms. The number of nitrogens with one attached hydrogen (secondary N) is 1. The van der Waals surface area contributed by atoms with Crippen LogP contribution in [0.25, 0.3) is 10.9 Å². The quantitative estimate of drug-likeness (QED) is 0.754. The zero-order valence-electron chi connectivity index (χ0n) is 15.3. The Hall–Kier alpha value is -2.28. The first-order chi connectivity index (χ1) is 13.1. The molecule has 140 valence electrons. The number of piperazine rings is 1. The highest BCUT2D eigenvalue weighted by Gasteiger charge is 2.35. The average molecular weight is 382 g/mol. The highest BCUT2D eigenvalue weighted by Crippen LogP contribution is 2.32. The van der Waals surface area contributed by atoms with Gasteiger partial charge in [-0.2, -0.15) is 4.31 Å². The molecule has 1 aliphatic rings. The Kier molecular flexibility index (Phi) is 4.95. The predicted molar refractivity (Wildman–Crippen MR) is 107 cm³/mol. The molecule has 6 heteroatoms. The topological polar surface area (TPSA) is 62.3 Å². The van der Waals surface area contributed by atoms with E-state index in [1.807, 2.05) is 24.3 Å². The van der Waals surface area contributed by atoms with Crippen molar-refractivity contribution >= 4 is 20.9 Å². The second kappa shape index (κ2) is 7.38. The zero-order chi connectivity index (χ0) is 18.9. The maximum atomic E-state index is 13.6. The first-order valence-corrected chi connectivity index (χ1v) is 10.7. The lowest BCUT2D eigenvalue weighted by Crippen LogP contribution is -2.48. The van der Waals surface area contributed by atoms with E-state index in [1.165, 1.54) is 5.56 Å². The van der Waals surface area contributed by atoms with Crippen molar-refractivity contribution in [3.8, 4) is 0 Å². The minimum absolute atomic E-state index is 0.221. The molecule has 2 heterocycles. The Balaban J connectivity index is 1.78. The molecule has 1 aromatic heterocycles. The highest BCUT2D eigenvalue weighted by molar-refractivity contribution is 7.89. The normalized spacial score (nSPS) is 18.6. The number of nitrogens with zero attached hydrogens (tertiary/aromatic N) is 2. The van der Waals surface area contributed by atoms with Crippen LogP contribution in [0, 0.1) is 0 Å². The van der Waals surface area contributed by atoms with E-state index in [-0.39, 0.29) is 6.04 Å². The van der Waals surface area contributed by atoms with Crippen LogP contribution in [0.5, 0.6) is 0 Å². The second-order valence-electron chi connectivity index (χ2n) is 6.76. The molecule has 5 nitrogen and oxygen atoms in total. The monoisotopic (exact) mass is 381 g/mol. The Morgan fingerprint density at radius 1 is 1.11 bits per heavy atom. The van der Waals surface area contributed by atoms with Gasteiger partial charge in [-0.1, -0.05) is 37.3 Å². The van der Waals surface area contributed by atoms with Gasteiger partial charge in [-0.05, 0) is 41.8 Å². The molecule has 1 aliphatic heterocycles. The number of pyridine rings is 1. The fraction of sp³-hybridized carbons (Fsp3) is 0.286. The van der Waals surface area contributed by atoms with Gasteiger partial charge in [0, 0.05) is 31.2 Å². The van der Waals surface area contributed by atoms with E-state index in [1.54, 1.807) is 28.7 Å². The average Bonchev–Trinajstić information content (AvgIpc) is 2.73. The van der Waals surface area contributed by atoms with E-state index >= 15 is 0 Å². The Morgan fingerprint density at radius 2 is 1.93 bits per heavy atom. The Labute approximate surface area is 160 Å². The maximum absolute atomic E-state index is 13.6. The molecular formula is C21H23N3O2S. The maximum Gasteiger partial charge on any atom is 0.244 e. The number of aromatic nitrogens is 1. The third-order valence-corrected chi connectivity index (χ3v) is 7.13. The van der Waals surface area contributed by atoms with E-state index in [2.05, 4.69) is 29.4 Å². The Morgan fingerprint density at radius 3 is 2.70 bits per heavy atom.